The quantitative estimate of drug-likeness (QED) is 0.820. The number of hydrogen-bond donors (Lipinski definition) is 0. The molecule has 0 heterocycles. The Morgan fingerprint density at radius 2 is 1.55 bits per heavy atom. The fourth-order valence-corrected chi connectivity index (χ4v) is 2.86. The highest BCUT2D eigenvalue weighted by Gasteiger charge is 2.30. The normalized spacial score (nSPS) is 13.3. The molecule has 2 nitrogen and oxygen atoms in total. The number of likely N-dealkylation sites (N-methyl/N-ethyl adjacent to an activating group) is 1. The van der Waals surface area contributed by atoms with Crippen LogP contribution in [0, 0.1) is 6.92 Å². The van der Waals surface area contributed by atoms with Crippen LogP contribution in [0.5, 0.6) is 0 Å². The number of aryl methyl sites for hydroxylation is 1. The van der Waals surface area contributed by atoms with Crippen molar-refractivity contribution < 1.29 is 4.79 Å². The second-order valence-corrected chi connectivity index (χ2v) is 5.84. The molecule has 2 aromatic rings. The van der Waals surface area contributed by atoms with Crippen molar-refractivity contribution in [3.63, 3.8) is 0 Å². The zero-order valence-corrected chi connectivity index (χ0v) is 13.2. The highest BCUT2D eigenvalue weighted by molar-refractivity contribution is 6.21. The molecule has 2 aromatic carbocycles. The third-order valence-electron chi connectivity index (χ3n) is 4.03. The summed E-state index contributed by atoms with van der Waals surface area (Å²) >= 11 is 0. The minimum Gasteiger partial charge on any atom is -0.345 e. The van der Waals surface area contributed by atoms with Gasteiger partial charge in [0.25, 0.3) is 5.91 Å². The van der Waals surface area contributed by atoms with Gasteiger partial charge < -0.3 is 4.90 Å². The highest BCUT2D eigenvalue weighted by atomic mass is 16.2. The van der Waals surface area contributed by atoms with Crippen molar-refractivity contribution in [2.75, 3.05) is 14.1 Å². The Kier molecular flexibility index (Phi) is 3.45. The van der Waals surface area contributed by atoms with Crippen LogP contribution in [0.2, 0.25) is 0 Å². The maximum Gasteiger partial charge on any atom is 0.254 e. The van der Waals surface area contributed by atoms with E-state index in [1.807, 2.05) is 18.2 Å². The second-order valence-electron chi connectivity index (χ2n) is 5.84. The summed E-state index contributed by atoms with van der Waals surface area (Å²) in [5.74, 6) is -0.00299. The molecule has 1 amide bonds. The number of nitrogens with zero attached hydrogens (tertiary/aromatic N) is 1. The average Bonchev–Trinajstić information content (AvgIpc) is 2.81. The lowest BCUT2D eigenvalue weighted by Crippen LogP contribution is -2.23. The summed E-state index contributed by atoms with van der Waals surface area (Å²) in [5.41, 5.74) is 6.89. The van der Waals surface area contributed by atoms with Crippen molar-refractivity contribution >= 4 is 17.1 Å². The first-order chi connectivity index (χ1) is 10.5. The molecule has 3 rings (SSSR count). The van der Waals surface area contributed by atoms with Crippen LogP contribution >= 0.6 is 0 Å². The molecule has 110 valence electrons. The monoisotopic (exact) mass is 289 g/mol. The SMILES string of the molecule is C=C1C(C(=O)N(C)C)=C(c2ccc(C)cc2)c2ccccc21. The molecular formula is C20H19NO. The van der Waals surface area contributed by atoms with Crippen LogP contribution in [-0.4, -0.2) is 24.9 Å². The average molecular weight is 289 g/mol. The molecule has 1 aliphatic rings. The van der Waals surface area contributed by atoms with Crippen LogP contribution < -0.4 is 0 Å². The maximum absolute atomic E-state index is 12.7. The van der Waals surface area contributed by atoms with Crippen LogP contribution in [-0.2, 0) is 4.79 Å². The van der Waals surface area contributed by atoms with Crippen molar-refractivity contribution in [3.8, 4) is 0 Å². The van der Waals surface area contributed by atoms with Gasteiger partial charge in [0.05, 0.1) is 5.57 Å². The zero-order valence-electron chi connectivity index (χ0n) is 13.2. The van der Waals surface area contributed by atoms with Gasteiger partial charge in [-0.05, 0) is 29.2 Å². The van der Waals surface area contributed by atoms with Gasteiger partial charge in [-0.2, -0.15) is 0 Å². The fraction of sp³-hybridized carbons (Fsp3) is 0.150. The number of benzene rings is 2. The molecule has 1 aliphatic carbocycles. The van der Waals surface area contributed by atoms with E-state index < -0.39 is 0 Å². The van der Waals surface area contributed by atoms with E-state index >= 15 is 0 Å². The number of rotatable bonds is 2. The smallest absolute Gasteiger partial charge is 0.254 e. The number of carbonyl (C=O) groups is 1. The number of carbonyl (C=O) groups excluding carboxylic acids is 1. The predicted octanol–water partition coefficient (Wildman–Crippen LogP) is 3.91. The van der Waals surface area contributed by atoms with Crippen LogP contribution in [0.25, 0.3) is 11.1 Å². The van der Waals surface area contributed by atoms with Gasteiger partial charge in [-0.1, -0.05) is 60.7 Å². The van der Waals surface area contributed by atoms with Crippen molar-refractivity contribution in [1.29, 1.82) is 0 Å². The molecule has 0 aliphatic heterocycles. The van der Waals surface area contributed by atoms with Gasteiger partial charge in [0.15, 0.2) is 0 Å². The molecule has 0 saturated carbocycles. The molecule has 0 spiro atoms. The fourth-order valence-electron chi connectivity index (χ4n) is 2.86. The Morgan fingerprint density at radius 1 is 0.955 bits per heavy atom. The minimum atomic E-state index is -0.00299. The van der Waals surface area contributed by atoms with E-state index in [4.69, 9.17) is 0 Å². The largest absolute Gasteiger partial charge is 0.345 e. The molecule has 0 aromatic heterocycles. The first-order valence-electron chi connectivity index (χ1n) is 7.32. The summed E-state index contributed by atoms with van der Waals surface area (Å²) in [4.78, 5) is 14.3. The molecular weight excluding hydrogens is 270 g/mol. The Morgan fingerprint density at radius 3 is 2.14 bits per heavy atom. The van der Waals surface area contributed by atoms with Gasteiger partial charge in [0, 0.05) is 19.7 Å². The van der Waals surface area contributed by atoms with Gasteiger partial charge >= 0.3 is 0 Å². The Balaban J connectivity index is 2.28. The molecule has 0 bridgehead atoms. The summed E-state index contributed by atoms with van der Waals surface area (Å²) in [6, 6.07) is 16.4. The summed E-state index contributed by atoms with van der Waals surface area (Å²) in [6.07, 6.45) is 0. The van der Waals surface area contributed by atoms with E-state index in [-0.39, 0.29) is 5.91 Å². The van der Waals surface area contributed by atoms with Crippen molar-refractivity contribution in [2.24, 2.45) is 0 Å². The van der Waals surface area contributed by atoms with E-state index in [1.165, 1.54) is 5.56 Å². The first-order valence-corrected chi connectivity index (χ1v) is 7.32. The topological polar surface area (TPSA) is 20.3 Å². The lowest BCUT2D eigenvalue weighted by Gasteiger charge is -2.14. The third kappa shape index (κ3) is 2.17. The molecule has 22 heavy (non-hydrogen) atoms. The second kappa shape index (κ2) is 5.30. The standard InChI is InChI=1S/C20H19NO/c1-13-9-11-15(12-10-13)19-17-8-6-5-7-16(17)14(2)18(19)20(22)21(3)4/h5-12H,2H2,1,3-4H3. The molecule has 0 atom stereocenters. The van der Waals surface area contributed by atoms with E-state index in [9.17, 15) is 4.79 Å². The summed E-state index contributed by atoms with van der Waals surface area (Å²) < 4.78 is 0. The summed E-state index contributed by atoms with van der Waals surface area (Å²) in [6.45, 7) is 6.23. The molecule has 0 unspecified atom stereocenters. The lowest BCUT2D eigenvalue weighted by molar-refractivity contribution is -0.124. The van der Waals surface area contributed by atoms with Crippen LogP contribution in [0.3, 0.4) is 0 Å². The van der Waals surface area contributed by atoms with Gasteiger partial charge in [-0.3, -0.25) is 4.79 Å². The van der Waals surface area contributed by atoms with Gasteiger partial charge in [0.2, 0.25) is 0 Å². The molecule has 2 heteroatoms. The Labute approximate surface area is 131 Å². The first kappa shape index (κ1) is 14.3. The van der Waals surface area contributed by atoms with Crippen LogP contribution in [0.4, 0.5) is 0 Å². The van der Waals surface area contributed by atoms with E-state index in [1.54, 1.807) is 19.0 Å². The minimum absolute atomic E-state index is 0.00299. The van der Waals surface area contributed by atoms with Crippen molar-refractivity contribution in [1.82, 2.24) is 4.90 Å². The molecule has 0 saturated heterocycles. The zero-order chi connectivity index (χ0) is 15.9. The highest BCUT2D eigenvalue weighted by Crippen LogP contribution is 2.44. The summed E-state index contributed by atoms with van der Waals surface area (Å²) in [5, 5.41) is 0. The Bertz CT molecular complexity index is 795. The van der Waals surface area contributed by atoms with Gasteiger partial charge in [-0.15, -0.1) is 0 Å². The lowest BCUT2D eigenvalue weighted by atomic mass is 9.96. The van der Waals surface area contributed by atoms with E-state index in [0.29, 0.717) is 5.57 Å². The van der Waals surface area contributed by atoms with Gasteiger partial charge in [0.1, 0.15) is 0 Å². The molecule has 0 radical (unpaired) electrons. The van der Waals surface area contributed by atoms with Gasteiger partial charge in [-0.25, -0.2) is 0 Å². The van der Waals surface area contributed by atoms with Crippen molar-refractivity contribution in [2.45, 2.75) is 6.92 Å². The number of amides is 1. The van der Waals surface area contributed by atoms with Crippen LogP contribution in [0.1, 0.15) is 22.3 Å². The van der Waals surface area contributed by atoms with Crippen LogP contribution in [0.15, 0.2) is 60.7 Å². The molecule has 0 N–H and O–H groups in total. The Hall–Kier alpha value is -2.61. The van der Waals surface area contributed by atoms with E-state index in [2.05, 4.69) is 43.8 Å². The third-order valence-corrected chi connectivity index (χ3v) is 4.03. The van der Waals surface area contributed by atoms with E-state index in [0.717, 1.165) is 27.8 Å². The maximum atomic E-state index is 12.7. The summed E-state index contributed by atoms with van der Waals surface area (Å²) in [7, 11) is 3.55. The number of fused-ring (bicyclic) bond motifs is 1. The van der Waals surface area contributed by atoms with Crippen molar-refractivity contribution in [3.05, 3.63) is 82.9 Å². The predicted molar refractivity (Wildman–Crippen MR) is 91.4 cm³/mol. The number of hydrogen-bond acceptors (Lipinski definition) is 1. The molecule has 0 fully saturated rings.